The first-order valence-electron chi connectivity index (χ1n) is 8.16. The lowest BCUT2D eigenvalue weighted by atomic mass is 10.0. The fourth-order valence-electron chi connectivity index (χ4n) is 2.65. The molecule has 1 aliphatic heterocycles. The first-order chi connectivity index (χ1) is 13.0. The van der Waals surface area contributed by atoms with E-state index >= 15 is 0 Å². The van der Waals surface area contributed by atoms with E-state index < -0.39 is 12.0 Å². The van der Waals surface area contributed by atoms with E-state index in [0.29, 0.717) is 22.0 Å². The molecule has 1 heterocycles. The molecule has 0 bridgehead atoms. The minimum Gasteiger partial charge on any atom is -0.482 e. The Kier molecular flexibility index (Phi) is 5.61. The van der Waals surface area contributed by atoms with Crippen LogP contribution < -0.4 is 15.4 Å². The fraction of sp³-hybridized carbons (Fsp3) is 0.211. The maximum absolute atomic E-state index is 12.7. The van der Waals surface area contributed by atoms with Gasteiger partial charge in [-0.2, -0.15) is 0 Å². The average molecular weight is 389 g/mol. The molecule has 0 spiro atoms. The zero-order valence-corrected chi connectivity index (χ0v) is 15.2. The standard InChI is InChI=1S/C19H17ClN2O5/c1-26-18(24)9-15(11-2-5-13(20)6-3-11)22-19(25)12-4-7-14-16(8-12)27-10-17(23)21-14/h2-8,15H,9-10H2,1H3,(H,21,23)(H,22,25)/t15-/m1/s1. The van der Waals surface area contributed by atoms with Gasteiger partial charge in [0.1, 0.15) is 5.75 Å². The normalized spacial score (nSPS) is 13.6. The first kappa shape index (κ1) is 18.7. The molecule has 27 heavy (non-hydrogen) atoms. The van der Waals surface area contributed by atoms with E-state index in [2.05, 4.69) is 10.6 Å². The van der Waals surface area contributed by atoms with Crippen molar-refractivity contribution in [1.82, 2.24) is 5.32 Å². The number of carbonyl (C=O) groups is 3. The highest BCUT2D eigenvalue weighted by Gasteiger charge is 2.22. The number of nitrogens with one attached hydrogen (secondary N) is 2. The second kappa shape index (κ2) is 8.09. The fourth-order valence-corrected chi connectivity index (χ4v) is 2.78. The van der Waals surface area contributed by atoms with Crippen LogP contribution in [-0.4, -0.2) is 31.5 Å². The summed E-state index contributed by atoms with van der Waals surface area (Å²) in [6, 6.07) is 11.0. The van der Waals surface area contributed by atoms with Crippen LogP contribution in [0.4, 0.5) is 5.69 Å². The Hall–Kier alpha value is -3.06. The zero-order valence-electron chi connectivity index (χ0n) is 14.5. The topological polar surface area (TPSA) is 93.7 Å². The number of hydrogen-bond acceptors (Lipinski definition) is 5. The van der Waals surface area contributed by atoms with Crippen molar-refractivity contribution in [3.05, 3.63) is 58.6 Å². The lowest BCUT2D eigenvalue weighted by Crippen LogP contribution is -2.31. The van der Waals surface area contributed by atoms with Crippen LogP contribution in [0.25, 0.3) is 0 Å². The number of fused-ring (bicyclic) bond motifs is 1. The van der Waals surface area contributed by atoms with Crippen LogP contribution in [0.3, 0.4) is 0 Å². The number of rotatable bonds is 5. The number of anilines is 1. The number of carbonyl (C=O) groups excluding carboxylic acids is 3. The lowest BCUT2D eigenvalue weighted by molar-refractivity contribution is -0.141. The summed E-state index contributed by atoms with van der Waals surface area (Å²) in [4.78, 5) is 35.8. The monoisotopic (exact) mass is 388 g/mol. The van der Waals surface area contributed by atoms with E-state index in [0.717, 1.165) is 5.56 Å². The van der Waals surface area contributed by atoms with Crippen molar-refractivity contribution in [2.24, 2.45) is 0 Å². The van der Waals surface area contributed by atoms with Gasteiger partial charge in [0, 0.05) is 10.6 Å². The summed E-state index contributed by atoms with van der Waals surface area (Å²) in [6.45, 7) is -0.103. The van der Waals surface area contributed by atoms with Crippen molar-refractivity contribution in [1.29, 1.82) is 0 Å². The molecule has 0 saturated carbocycles. The predicted octanol–water partition coefficient (Wildman–Crippen LogP) is 2.71. The second-order valence-electron chi connectivity index (χ2n) is 5.91. The van der Waals surface area contributed by atoms with E-state index in [1.807, 2.05) is 0 Å². The predicted molar refractivity (Wildman–Crippen MR) is 98.9 cm³/mol. The maximum atomic E-state index is 12.7. The Labute approximate surface area is 160 Å². The molecule has 2 aromatic rings. The minimum atomic E-state index is -0.584. The van der Waals surface area contributed by atoms with E-state index in [1.165, 1.54) is 7.11 Å². The summed E-state index contributed by atoms with van der Waals surface area (Å²) in [5.74, 6) is -0.673. The molecule has 0 saturated heterocycles. The maximum Gasteiger partial charge on any atom is 0.307 e. The molecule has 0 radical (unpaired) electrons. The van der Waals surface area contributed by atoms with E-state index in [1.54, 1.807) is 42.5 Å². The Morgan fingerprint density at radius 2 is 2.00 bits per heavy atom. The summed E-state index contributed by atoms with van der Waals surface area (Å²) in [5.41, 5.74) is 1.57. The lowest BCUT2D eigenvalue weighted by Gasteiger charge is -2.20. The smallest absolute Gasteiger partial charge is 0.307 e. The molecule has 140 valence electrons. The molecule has 0 fully saturated rings. The Morgan fingerprint density at radius 1 is 1.26 bits per heavy atom. The molecular formula is C19H17ClN2O5. The molecule has 2 N–H and O–H groups in total. The van der Waals surface area contributed by atoms with Crippen molar-refractivity contribution < 1.29 is 23.9 Å². The number of esters is 1. The van der Waals surface area contributed by atoms with Crippen LogP contribution in [0.1, 0.15) is 28.4 Å². The molecule has 0 unspecified atom stereocenters. The zero-order chi connectivity index (χ0) is 19.4. The van der Waals surface area contributed by atoms with Crippen LogP contribution in [0.5, 0.6) is 5.75 Å². The Balaban J connectivity index is 1.80. The number of halogens is 1. The van der Waals surface area contributed by atoms with E-state index in [-0.39, 0.29) is 24.8 Å². The van der Waals surface area contributed by atoms with Gasteiger partial charge in [-0.3, -0.25) is 14.4 Å². The molecule has 3 rings (SSSR count). The summed E-state index contributed by atoms with van der Waals surface area (Å²) in [5, 5.41) is 6.04. The minimum absolute atomic E-state index is 0.0264. The van der Waals surface area contributed by atoms with Gasteiger partial charge in [0.25, 0.3) is 11.8 Å². The van der Waals surface area contributed by atoms with Crippen molar-refractivity contribution in [3.8, 4) is 5.75 Å². The van der Waals surface area contributed by atoms with Crippen LogP contribution in [-0.2, 0) is 14.3 Å². The third-order valence-corrected chi connectivity index (χ3v) is 4.30. The van der Waals surface area contributed by atoms with Crippen LogP contribution >= 0.6 is 11.6 Å². The quantitative estimate of drug-likeness (QED) is 0.768. The van der Waals surface area contributed by atoms with Gasteiger partial charge >= 0.3 is 5.97 Å². The van der Waals surface area contributed by atoms with E-state index in [4.69, 9.17) is 21.1 Å². The van der Waals surface area contributed by atoms with Crippen LogP contribution in [0.2, 0.25) is 5.02 Å². The van der Waals surface area contributed by atoms with Gasteiger partial charge in [-0.05, 0) is 35.9 Å². The van der Waals surface area contributed by atoms with Gasteiger partial charge in [0.2, 0.25) is 0 Å². The largest absolute Gasteiger partial charge is 0.482 e. The molecule has 0 aliphatic carbocycles. The van der Waals surface area contributed by atoms with Gasteiger partial charge in [0.05, 0.1) is 25.3 Å². The van der Waals surface area contributed by atoms with Crippen molar-refractivity contribution in [3.63, 3.8) is 0 Å². The highest BCUT2D eigenvalue weighted by Crippen LogP contribution is 2.29. The van der Waals surface area contributed by atoms with Crippen LogP contribution in [0, 0.1) is 0 Å². The first-order valence-corrected chi connectivity index (χ1v) is 8.54. The summed E-state index contributed by atoms with van der Waals surface area (Å²) >= 11 is 5.91. The third kappa shape index (κ3) is 4.57. The van der Waals surface area contributed by atoms with Gasteiger partial charge < -0.3 is 20.1 Å². The van der Waals surface area contributed by atoms with Crippen molar-refractivity contribution >= 4 is 35.1 Å². The number of amides is 2. The Morgan fingerprint density at radius 3 is 2.70 bits per heavy atom. The average Bonchev–Trinajstić information content (AvgIpc) is 2.67. The number of benzene rings is 2. The summed E-state index contributed by atoms with van der Waals surface area (Å²) in [7, 11) is 1.29. The molecule has 1 aliphatic rings. The number of methoxy groups -OCH3 is 1. The highest BCUT2D eigenvalue weighted by atomic mass is 35.5. The third-order valence-electron chi connectivity index (χ3n) is 4.05. The highest BCUT2D eigenvalue weighted by molar-refractivity contribution is 6.30. The SMILES string of the molecule is COC(=O)C[C@@H](NC(=O)c1ccc2c(c1)OCC(=O)N2)c1ccc(Cl)cc1. The molecular weight excluding hydrogens is 372 g/mol. The van der Waals surface area contributed by atoms with Gasteiger partial charge in [-0.25, -0.2) is 0 Å². The van der Waals surface area contributed by atoms with Crippen molar-refractivity contribution in [2.75, 3.05) is 19.0 Å². The molecule has 2 aromatic carbocycles. The Bertz CT molecular complexity index is 882. The molecule has 1 atom stereocenters. The van der Waals surface area contributed by atoms with E-state index in [9.17, 15) is 14.4 Å². The van der Waals surface area contributed by atoms with Gasteiger partial charge in [-0.1, -0.05) is 23.7 Å². The molecule has 0 aromatic heterocycles. The molecule has 8 heteroatoms. The van der Waals surface area contributed by atoms with Gasteiger partial charge in [0.15, 0.2) is 6.61 Å². The summed E-state index contributed by atoms with van der Waals surface area (Å²) in [6.07, 6.45) is -0.0264. The van der Waals surface area contributed by atoms with Crippen LogP contribution in [0.15, 0.2) is 42.5 Å². The van der Waals surface area contributed by atoms with Crippen molar-refractivity contribution in [2.45, 2.75) is 12.5 Å². The second-order valence-corrected chi connectivity index (χ2v) is 6.34. The summed E-state index contributed by atoms with van der Waals surface area (Å²) < 4.78 is 10.1. The molecule has 7 nitrogen and oxygen atoms in total. The number of ether oxygens (including phenoxy) is 2. The number of hydrogen-bond donors (Lipinski definition) is 2. The molecule has 2 amide bonds. The van der Waals surface area contributed by atoms with Gasteiger partial charge in [-0.15, -0.1) is 0 Å².